The molecule has 126 valence electrons. The summed E-state index contributed by atoms with van der Waals surface area (Å²) in [6.07, 6.45) is 1.59. The maximum atomic E-state index is 11.8. The molecule has 1 aromatic rings. The van der Waals surface area contributed by atoms with Gasteiger partial charge in [-0.15, -0.1) is 0 Å². The fourth-order valence-electron chi connectivity index (χ4n) is 1.85. The maximum absolute atomic E-state index is 11.8. The van der Waals surface area contributed by atoms with Gasteiger partial charge in [-0.2, -0.15) is 4.31 Å². The van der Waals surface area contributed by atoms with Gasteiger partial charge in [0.15, 0.2) is 0 Å². The smallest absolute Gasteiger partial charge is 0.211 e. The topological polar surface area (TPSA) is 83.6 Å². The van der Waals surface area contributed by atoms with Crippen LogP contribution in [0.15, 0.2) is 24.3 Å². The average Bonchev–Trinajstić information content (AvgIpc) is 2.38. The molecule has 0 unspecified atom stereocenters. The van der Waals surface area contributed by atoms with Crippen LogP contribution < -0.4 is 4.72 Å². The molecule has 6 nitrogen and oxygen atoms in total. The summed E-state index contributed by atoms with van der Waals surface area (Å²) in [5.74, 6) is 0.0242. The van der Waals surface area contributed by atoms with Gasteiger partial charge in [-0.3, -0.25) is 0 Å². The first-order valence-electron chi connectivity index (χ1n) is 6.81. The largest absolute Gasteiger partial charge is 0.214 e. The van der Waals surface area contributed by atoms with Crippen LogP contribution in [0.2, 0.25) is 5.02 Å². The van der Waals surface area contributed by atoms with Crippen LogP contribution >= 0.6 is 11.6 Å². The summed E-state index contributed by atoms with van der Waals surface area (Å²) in [6, 6.07) is 6.95. The molecule has 0 amide bonds. The number of nitrogens with zero attached hydrogens (tertiary/aromatic N) is 1. The summed E-state index contributed by atoms with van der Waals surface area (Å²) in [5.41, 5.74) is 0.672. The van der Waals surface area contributed by atoms with Crippen LogP contribution in [-0.2, 0) is 26.6 Å². The van der Waals surface area contributed by atoms with Gasteiger partial charge in [0.2, 0.25) is 20.0 Å². The van der Waals surface area contributed by atoms with E-state index in [9.17, 15) is 16.8 Å². The van der Waals surface area contributed by atoms with Crippen LogP contribution in [0.5, 0.6) is 0 Å². The summed E-state index contributed by atoms with van der Waals surface area (Å²) >= 11 is 6.03. The average molecular weight is 369 g/mol. The van der Waals surface area contributed by atoms with Gasteiger partial charge in [-0.05, 0) is 18.1 Å². The van der Waals surface area contributed by atoms with Crippen LogP contribution in [0, 0.1) is 0 Å². The van der Waals surface area contributed by atoms with E-state index in [1.807, 2.05) is 0 Å². The molecule has 0 saturated carbocycles. The number of benzene rings is 1. The molecule has 0 saturated heterocycles. The van der Waals surface area contributed by atoms with E-state index in [0.717, 1.165) is 6.26 Å². The van der Waals surface area contributed by atoms with Crippen LogP contribution in [0.4, 0.5) is 0 Å². The van der Waals surface area contributed by atoms with E-state index < -0.39 is 20.0 Å². The Balaban J connectivity index is 2.74. The Hall–Kier alpha value is -0.670. The minimum atomic E-state index is -3.47. The van der Waals surface area contributed by atoms with Crippen LogP contribution in [0.25, 0.3) is 0 Å². The van der Waals surface area contributed by atoms with Crippen molar-refractivity contribution in [3.05, 3.63) is 34.9 Å². The van der Waals surface area contributed by atoms with E-state index >= 15 is 0 Å². The molecule has 0 atom stereocenters. The lowest BCUT2D eigenvalue weighted by molar-refractivity contribution is 0.412. The SMILES string of the molecule is CCCS(=O)(=O)NCCN(Cc1ccccc1Cl)S(C)(=O)=O. The molecule has 22 heavy (non-hydrogen) atoms. The Bertz CT molecular complexity index is 690. The molecule has 0 radical (unpaired) electrons. The van der Waals surface area contributed by atoms with E-state index in [1.165, 1.54) is 4.31 Å². The summed E-state index contributed by atoms with van der Waals surface area (Å²) in [6.45, 7) is 1.94. The number of hydrogen-bond acceptors (Lipinski definition) is 4. The molecule has 0 aliphatic rings. The number of hydrogen-bond donors (Lipinski definition) is 1. The predicted molar refractivity (Wildman–Crippen MR) is 88.8 cm³/mol. The molecule has 0 aliphatic carbocycles. The van der Waals surface area contributed by atoms with Crippen LogP contribution in [-0.4, -0.2) is 46.2 Å². The van der Waals surface area contributed by atoms with Gasteiger partial charge in [-0.25, -0.2) is 21.6 Å². The highest BCUT2D eigenvalue weighted by molar-refractivity contribution is 7.89. The number of nitrogens with one attached hydrogen (secondary N) is 1. The van der Waals surface area contributed by atoms with Crippen molar-refractivity contribution in [3.63, 3.8) is 0 Å². The second-order valence-electron chi connectivity index (χ2n) is 4.90. The van der Waals surface area contributed by atoms with E-state index in [0.29, 0.717) is 17.0 Å². The van der Waals surface area contributed by atoms with Crippen molar-refractivity contribution in [1.82, 2.24) is 9.03 Å². The van der Waals surface area contributed by atoms with Gasteiger partial charge in [0.05, 0.1) is 12.0 Å². The summed E-state index contributed by atoms with van der Waals surface area (Å²) in [4.78, 5) is 0. The quantitative estimate of drug-likeness (QED) is 0.714. The number of rotatable bonds is 9. The first-order valence-corrected chi connectivity index (χ1v) is 10.7. The molecule has 1 N–H and O–H groups in total. The molecule has 0 aliphatic heterocycles. The Morgan fingerprint density at radius 2 is 1.82 bits per heavy atom. The third-order valence-corrected chi connectivity index (χ3v) is 6.14. The Morgan fingerprint density at radius 1 is 1.18 bits per heavy atom. The molecule has 1 aromatic carbocycles. The maximum Gasteiger partial charge on any atom is 0.211 e. The van der Waals surface area contributed by atoms with Crippen molar-refractivity contribution in [3.8, 4) is 0 Å². The van der Waals surface area contributed by atoms with Crippen molar-refractivity contribution < 1.29 is 16.8 Å². The van der Waals surface area contributed by atoms with Gasteiger partial charge < -0.3 is 0 Å². The lowest BCUT2D eigenvalue weighted by Crippen LogP contribution is -2.38. The van der Waals surface area contributed by atoms with Gasteiger partial charge in [0.25, 0.3) is 0 Å². The summed E-state index contributed by atoms with van der Waals surface area (Å²) < 4.78 is 50.4. The lowest BCUT2D eigenvalue weighted by Gasteiger charge is -2.20. The summed E-state index contributed by atoms with van der Waals surface area (Å²) in [5, 5.41) is 0.475. The zero-order valence-corrected chi connectivity index (χ0v) is 15.0. The van der Waals surface area contributed by atoms with Gasteiger partial charge in [0, 0.05) is 24.7 Å². The highest BCUT2D eigenvalue weighted by atomic mass is 35.5. The zero-order valence-electron chi connectivity index (χ0n) is 12.6. The minimum absolute atomic E-state index is 0.0242. The second kappa shape index (κ2) is 8.26. The van der Waals surface area contributed by atoms with Crippen LogP contribution in [0.3, 0.4) is 0 Å². The third kappa shape index (κ3) is 6.62. The van der Waals surface area contributed by atoms with Crippen molar-refractivity contribution in [2.75, 3.05) is 25.1 Å². The molecule has 9 heteroatoms. The van der Waals surface area contributed by atoms with Gasteiger partial charge in [-0.1, -0.05) is 36.7 Å². The van der Waals surface area contributed by atoms with E-state index in [1.54, 1.807) is 31.2 Å². The number of sulfonamides is 2. The first-order chi connectivity index (χ1) is 10.2. The van der Waals surface area contributed by atoms with E-state index in [-0.39, 0.29) is 25.4 Å². The van der Waals surface area contributed by atoms with Crippen molar-refractivity contribution in [1.29, 1.82) is 0 Å². The van der Waals surface area contributed by atoms with Crippen LogP contribution in [0.1, 0.15) is 18.9 Å². The fourth-order valence-corrected chi connectivity index (χ4v) is 3.92. The van der Waals surface area contributed by atoms with Crippen molar-refractivity contribution >= 4 is 31.6 Å². The minimum Gasteiger partial charge on any atom is -0.214 e. The molecule has 0 spiro atoms. The highest BCUT2D eigenvalue weighted by Crippen LogP contribution is 2.18. The monoisotopic (exact) mass is 368 g/mol. The zero-order chi connectivity index (χ0) is 16.8. The molecular formula is C13H21ClN2O4S2. The van der Waals surface area contributed by atoms with Gasteiger partial charge in [0.1, 0.15) is 0 Å². The second-order valence-corrected chi connectivity index (χ2v) is 9.22. The van der Waals surface area contributed by atoms with E-state index in [2.05, 4.69) is 4.72 Å². The Kier molecular flexibility index (Phi) is 7.27. The summed E-state index contributed by atoms with van der Waals surface area (Å²) in [7, 11) is -6.82. The van der Waals surface area contributed by atoms with Crippen molar-refractivity contribution in [2.24, 2.45) is 0 Å². The molecule has 0 fully saturated rings. The third-order valence-electron chi connectivity index (χ3n) is 2.93. The Labute approximate surface area is 137 Å². The molecule has 0 heterocycles. The molecule has 0 aromatic heterocycles. The van der Waals surface area contributed by atoms with Crippen molar-refractivity contribution in [2.45, 2.75) is 19.9 Å². The normalized spacial score (nSPS) is 12.7. The molecule has 0 bridgehead atoms. The molecular weight excluding hydrogens is 348 g/mol. The number of halogens is 1. The Morgan fingerprint density at radius 3 is 2.36 bits per heavy atom. The first kappa shape index (κ1) is 19.4. The lowest BCUT2D eigenvalue weighted by atomic mass is 10.2. The highest BCUT2D eigenvalue weighted by Gasteiger charge is 2.19. The molecule has 1 rings (SSSR count). The fraction of sp³-hybridized carbons (Fsp3) is 0.538. The van der Waals surface area contributed by atoms with Gasteiger partial charge >= 0.3 is 0 Å². The predicted octanol–water partition coefficient (Wildman–Crippen LogP) is 1.43. The standard InChI is InChI=1S/C13H21ClN2O4S2/c1-3-10-22(19,20)15-8-9-16(21(2,17)18)11-12-6-4-5-7-13(12)14/h4-7,15H,3,8-11H2,1-2H3. The van der Waals surface area contributed by atoms with E-state index in [4.69, 9.17) is 11.6 Å².